The molecule has 0 radical (unpaired) electrons. The molecule has 0 amide bonds. The number of hydrogen-bond donors (Lipinski definition) is 0. The fraction of sp³-hybridized carbons (Fsp3) is 0. The van der Waals surface area contributed by atoms with Gasteiger partial charge in [-0.3, -0.25) is 0 Å². The van der Waals surface area contributed by atoms with E-state index in [0.29, 0.717) is 0 Å². The fourth-order valence-electron chi connectivity index (χ4n) is 7.96. The molecular weight excluding hydrogens is 631 g/mol. The summed E-state index contributed by atoms with van der Waals surface area (Å²) < 4.78 is 6.93. The van der Waals surface area contributed by atoms with Crippen LogP contribution in [0.3, 0.4) is 0 Å². The zero-order valence-electron chi connectivity index (χ0n) is 28.4. The van der Waals surface area contributed by atoms with Crippen molar-refractivity contribution in [1.29, 1.82) is 0 Å². The lowest BCUT2D eigenvalue weighted by Gasteiger charge is -2.29. The van der Waals surface area contributed by atoms with Crippen molar-refractivity contribution < 1.29 is 4.42 Å². The van der Waals surface area contributed by atoms with Gasteiger partial charge in [-0.25, -0.2) is 0 Å². The molecule has 52 heavy (non-hydrogen) atoms. The standard InChI is InChI=1S/C50H33NO/c1-3-17-34(18-4-1)37-22-9-10-25-40(37)42-27-13-15-29-46(42)51(36-20-5-2-6-21-36)47-32-31-43(50-49(47)44-28-14-16-30-48(44)52-50)45-33-35-19-7-8-23-38(35)39-24-11-12-26-41(39)45/h1-33H. The van der Waals surface area contributed by atoms with Gasteiger partial charge in [0, 0.05) is 22.2 Å². The zero-order valence-corrected chi connectivity index (χ0v) is 28.4. The van der Waals surface area contributed by atoms with Crippen molar-refractivity contribution in [3.63, 3.8) is 0 Å². The van der Waals surface area contributed by atoms with Crippen LogP contribution < -0.4 is 4.90 Å². The van der Waals surface area contributed by atoms with Crippen LogP contribution in [0.4, 0.5) is 17.1 Å². The first-order chi connectivity index (χ1) is 25.8. The summed E-state index contributed by atoms with van der Waals surface area (Å²) in [4.78, 5) is 2.41. The third kappa shape index (κ3) is 4.88. The van der Waals surface area contributed by atoms with Gasteiger partial charge in [0.15, 0.2) is 0 Å². The first-order valence-electron chi connectivity index (χ1n) is 17.8. The summed E-state index contributed by atoms with van der Waals surface area (Å²) in [5.74, 6) is 0. The smallest absolute Gasteiger partial charge is 0.145 e. The van der Waals surface area contributed by atoms with E-state index in [2.05, 4.69) is 205 Å². The molecular formula is C50H33NO. The van der Waals surface area contributed by atoms with Crippen LogP contribution in [0, 0.1) is 0 Å². The van der Waals surface area contributed by atoms with Crippen LogP contribution in [-0.2, 0) is 0 Å². The van der Waals surface area contributed by atoms with E-state index in [1.807, 2.05) is 0 Å². The number of para-hydroxylation sites is 3. The van der Waals surface area contributed by atoms with Gasteiger partial charge >= 0.3 is 0 Å². The molecule has 0 aliphatic rings. The minimum atomic E-state index is 0.868. The van der Waals surface area contributed by atoms with Crippen LogP contribution in [0.1, 0.15) is 0 Å². The Bertz CT molecular complexity index is 2910. The molecule has 1 heterocycles. The molecule has 0 saturated heterocycles. The summed E-state index contributed by atoms with van der Waals surface area (Å²) in [6, 6.07) is 71.5. The molecule has 2 heteroatoms. The van der Waals surface area contributed by atoms with Crippen molar-refractivity contribution in [2.24, 2.45) is 0 Å². The normalized spacial score (nSPS) is 11.5. The van der Waals surface area contributed by atoms with Crippen LogP contribution in [0.2, 0.25) is 0 Å². The Morgan fingerprint density at radius 3 is 1.75 bits per heavy atom. The largest absolute Gasteiger partial charge is 0.455 e. The molecule has 0 saturated carbocycles. The average molecular weight is 664 g/mol. The van der Waals surface area contributed by atoms with E-state index >= 15 is 0 Å². The molecule has 0 N–H and O–H groups in total. The summed E-state index contributed by atoms with van der Waals surface area (Å²) in [7, 11) is 0. The molecule has 0 aliphatic carbocycles. The quantitative estimate of drug-likeness (QED) is 0.165. The van der Waals surface area contributed by atoms with E-state index in [4.69, 9.17) is 4.42 Å². The summed E-state index contributed by atoms with van der Waals surface area (Å²) in [6.45, 7) is 0. The van der Waals surface area contributed by atoms with E-state index in [0.717, 1.165) is 55.7 Å². The monoisotopic (exact) mass is 663 g/mol. The highest BCUT2D eigenvalue weighted by Gasteiger charge is 2.25. The second kappa shape index (κ2) is 12.5. The molecule has 2 nitrogen and oxygen atoms in total. The topological polar surface area (TPSA) is 16.4 Å². The lowest BCUT2D eigenvalue weighted by atomic mass is 9.91. The lowest BCUT2D eigenvalue weighted by Crippen LogP contribution is -2.11. The molecule has 10 rings (SSSR count). The van der Waals surface area contributed by atoms with Crippen molar-refractivity contribution in [3.8, 4) is 33.4 Å². The van der Waals surface area contributed by atoms with Gasteiger partial charge in [0.05, 0.1) is 16.8 Å². The van der Waals surface area contributed by atoms with Crippen LogP contribution in [-0.4, -0.2) is 0 Å². The number of hydrogen-bond acceptors (Lipinski definition) is 2. The second-order valence-electron chi connectivity index (χ2n) is 13.2. The van der Waals surface area contributed by atoms with Gasteiger partial charge in [-0.15, -0.1) is 0 Å². The fourth-order valence-corrected chi connectivity index (χ4v) is 7.96. The molecule has 10 aromatic rings. The van der Waals surface area contributed by atoms with Gasteiger partial charge in [-0.2, -0.15) is 0 Å². The van der Waals surface area contributed by atoms with Crippen molar-refractivity contribution in [3.05, 3.63) is 200 Å². The number of rotatable bonds is 6. The predicted octanol–water partition coefficient (Wildman–Crippen LogP) is 14.4. The first kappa shape index (κ1) is 30.0. The van der Waals surface area contributed by atoms with Crippen LogP contribution in [0.15, 0.2) is 205 Å². The van der Waals surface area contributed by atoms with Gasteiger partial charge in [0.1, 0.15) is 11.2 Å². The average Bonchev–Trinajstić information content (AvgIpc) is 3.62. The van der Waals surface area contributed by atoms with Gasteiger partial charge in [-0.05, 0) is 86.3 Å². The number of nitrogens with zero attached hydrogens (tertiary/aromatic N) is 1. The van der Waals surface area contributed by atoms with Gasteiger partial charge in [-0.1, -0.05) is 158 Å². The predicted molar refractivity (Wildman–Crippen MR) is 220 cm³/mol. The Kier molecular flexibility index (Phi) is 7.18. The second-order valence-corrected chi connectivity index (χ2v) is 13.2. The van der Waals surface area contributed by atoms with Gasteiger partial charge in [0.2, 0.25) is 0 Å². The lowest BCUT2D eigenvalue weighted by molar-refractivity contribution is 0.670. The van der Waals surface area contributed by atoms with Crippen LogP contribution in [0.25, 0.3) is 76.9 Å². The van der Waals surface area contributed by atoms with Gasteiger partial charge < -0.3 is 9.32 Å². The summed E-state index contributed by atoms with van der Waals surface area (Å²) in [5, 5.41) is 7.07. The van der Waals surface area contributed by atoms with E-state index < -0.39 is 0 Å². The highest BCUT2D eigenvalue weighted by molar-refractivity contribution is 6.21. The van der Waals surface area contributed by atoms with Crippen molar-refractivity contribution >= 4 is 60.5 Å². The molecule has 244 valence electrons. The Labute approximate surface area is 302 Å². The van der Waals surface area contributed by atoms with E-state index in [1.54, 1.807) is 0 Å². The molecule has 1 aromatic heterocycles. The summed E-state index contributed by atoms with van der Waals surface area (Å²) in [5.41, 5.74) is 11.9. The maximum absolute atomic E-state index is 6.93. The SMILES string of the molecule is c1ccc(-c2ccccc2-c2ccccc2N(c2ccccc2)c2ccc(-c3cc4ccccc4c4ccccc34)c3oc4ccccc4c23)cc1. The Morgan fingerprint density at radius 1 is 0.346 bits per heavy atom. The number of furan rings is 1. The highest BCUT2D eigenvalue weighted by Crippen LogP contribution is 2.50. The third-order valence-electron chi connectivity index (χ3n) is 10.3. The minimum absolute atomic E-state index is 0.868. The number of fused-ring (bicyclic) bond motifs is 6. The number of benzene rings is 9. The summed E-state index contributed by atoms with van der Waals surface area (Å²) >= 11 is 0. The van der Waals surface area contributed by atoms with Crippen molar-refractivity contribution in [1.82, 2.24) is 0 Å². The summed E-state index contributed by atoms with van der Waals surface area (Å²) in [6.07, 6.45) is 0. The molecule has 0 unspecified atom stereocenters. The molecule has 0 fully saturated rings. The Morgan fingerprint density at radius 2 is 0.942 bits per heavy atom. The van der Waals surface area contributed by atoms with Crippen LogP contribution >= 0.6 is 0 Å². The number of anilines is 3. The van der Waals surface area contributed by atoms with E-state index in [1.165, 1.54) is 38.2 Å². The van der Waals surface area contributed by atoms with Gasteiger partial charge in [0.25, 0.3) is 0 Å². The Balaban J connectivity index is 1.28. The third-order valence-corrected chi connectivity index (χ3v) is 10.3. The van der Waals surface area contributed by atoms with Crippen molar-refractivity contribution in [2.75, 3.05) is 4.90 Å². The first-order valence-corrected chi connectivity index (χ1v) is 17.8. The van der Waals surface area contributed by atoms with Crippen molar-refractivity contribution in [2.45, 2.75) is 0 Å². The zero-order chi connectivity index (χ0) is 34.4. The van der Waals surface area contributed by atoms with E-state index in [-0.39, 0.29) is 0 Å². The molecule has 0 bridgehead atoms. The Hall–Kier alpha value is -6.90. The maximum atomic E-state index is 6.93. The van der Waals surface area contributed by atoms with Crippen LogP contribution in [0.5, 0.6) is 0 Å². The maximum Gasteiger partial charge on any atom is 0.145 e. The van der Waals surface area contributed by atoms with E-state index in [9.17, 15) is 0 Å². The minimum Gasteiger partial charge on any atom is -0.455 e. The molecule has 0 atom stereocenters. The highest BCUT2D eigenvalue weighted by atomic mass is 16.3. The molecule has 0 aliphatic heterocycles. The molecule has 9 aromatic carbocycles. The molecule has 0 spiro atoms.